The summed E-state index contributed by atoms with van der Waals surface area (Å²) in [6, 6.07) is 0. The molecule has 0 spiro atoms. The van der Waals surface area contributed by atoms with Crippen molar-refractivity contribution in [2.24, 2.45) is 0 Å². The lowest BCUT2D eigenvalue weighted by Gasteiger charge is -0.413. The molecule has 2 nitrogen and oxygen atoms in total. The van der Waals surface area contributed by atoms with Crippen molar-refractivity contribution in [2.75, 3.05) is 0 Å². The molecule has 0 atom stereocenters. The Kier molecular flexibility index (Phi) is 49900. The molecule has 0 unspecified atom stereocenters. The summed E-state index contributed by atoms with van der Waals surface area (Å²) in [7, 11) is 0. The van der Waals surface area contributed by atoms with Crippen LogP contribution in [-0.2, 0) is 0 Å². The van der Waals surface area contributed by atoms with E-state index in [9.17, 15) is 0 Å². The van der Waals surface area contributed by atoms with Crippen molar-refractivity contribution in [3.63, 3.8) is 0 Å². The fourth-order valence-corrected chi connectivity index (χ4v) is 0. The van der Waals surface area contributed by atoms with E-state index in [1.54, 1.807) is 0 Å². The van der Waals surface area contributed by atoms with Crippen LogP contribution in [0.4, 0.5) is 14.1 Å². The molecule has 0 fully saturated rings. The van der Waals surface area contributed by atoms with Crippen molar-refractivity contribution >= 4 is 0 Å². The maximum absolute atomic E-state index is 0. The van der Waals surface area contributed by atoms with E-state index >= 15 is 0 Å². The molecule has 0 saturated carbocycles. The van der Waals surface area contributed by atoms with E-state index in [1.807, 2.05) is 0 Å². The monoisotopic (exact) mass is 96.0 g/mol. The Morgan fingerprint density at radius 3 is 0.400 bits per heavy atom. The summed E-state index contributed by atoms with van der Waals surface area (Å²) >= 11 is 0. The third-order valence-corrected chi connectivity index (χ3v) is 0. The first-order valence-electron chi connectivity index (χ1n) is 0. The second-order valence-corrected chi connectivity index (χ2v) is 0. The second-order valence-electron chi connectivity index (χ2n) is 0. The first-order valence-corrected chi connectivity index (χ1v) is 0. The van der Waals surface area contributed by atoms with E-state index in [1.165, 1.54) is 0 Å². The average molecular weight is 96.0 g/mol. The molecule has 0 rings (SSSR count). The van der Waals surface area contributed by atoms with E-state index in [2.05, 4.69) is 0 Å². The molecule has 0 saturated heterocycles. The largest absolute Gasteiger partial charge is 0.412 e. The Balaban J connectivity index is 0. The molecule has 5 heteroatoms. The molecule has 0 aliphatic rings. The van der Waals surface area contributed by atoms with Gasteiger partial charge in [-0.2, -0.15) is 0 Å². The van der Waals surface area contributed by atoms with Gasteiger partial charge in [-0.1, -0.05) is 0 Å². The number of hydrogen-bond donors (Lipinski definition) is 0. The minimum atomic E-state index is 0. The van der Waals surface area contributed by atoms with Gasteiger partial charge in [-0.25, -0.2) is 0 Å². The van der Waals surface area contributed by atoms with Crippen molar-refractivity contribution in [1.82, 2.24) is 0 Å². The van der Waals surface area contributed by atoms with Crippen molar-refractivity contribution in [3.05, 3.63) is 0 Å². The zero-order valence-corrected chi connectivity index (χ0v) is 2.22. The summed E-state index contributed by atoms with van der Waals surface area (Å²) in [4.78, 5) is 0. The van der Waals surface area contributed by atoms with Gasteiger partial charge in [0.2, 0.25) is 0 Å². The number of rotatable bonds is 0. The third-order valence-electron chi connectivity index (χ3n) is 0. The third kappa shape index (κ3) is 129. The number of hydrogen-bond acceptors (Lipinski definition) is 0. The lowest BCUT2D eigenvalue weighted by molar-refractivity contribution is 0.823. The van der Waals surface area contributed by atoms with E-state index in [4.69, 9.17) is 0 Å². The van der Waals surface area contributed by atoms with Crippen LogP contribution in [0.25, 0.3) is 0 Å². The molecule has 0 bridgehead atoms. The van der Waals surface area contributed by atoms with Crippen LogP contribution >= 0.6 is 0 Å². The lowest BCUT2D eigenvalue weighted by Crippen LogP contribution is -0.290. The normalized spacial score (nSPS) is 0. The Bertz CT molecular complexity index is 4.85. The summed E-state index contributed by atoms with van der Waals surface area (Å²) < 4.78 is 0. The molecule has 4 N–H and O–H groups in total. The predicted octanol–water partition coefficient (Wildman–Crippen LogP) is -1.19. The summed E-state index contributed by atoms with van der Waals surface area (Å²) in [6.45, 7) is 0. The van der Waals surface area contributed by atoms with Gasteiger partial charge in [-0.3, -0.25) is 14.1 Å². The van der Waals surface area contributed by atoms with Gasteiger partial charge in [0.1, 0.15) is 0 Å². The molecule has 0 radical (unpaired) electrons. The predicted molar refractivity (Wildman–Crippen MR) is 14.7 cm³/mol. The smallest absolute Gasteiger partial charge is 0.269 e. The van der Waals surface area contributed by atoms with Crippen molar-refractivity contribution < 1.29 is 25.1 Å². The Labute approximate surface area is 26.5 Å². The van der Waals surface area contributed by atoms with Crippen LogP contribution in [-0.4, -0.2) is 11.0 Å². The standard InChI is InChI=1S/3FH.2H2O/h3*1H;2*1H2. The molecule has 5 heavy (non-hydrogen) atoms. The highest BCUT2D eigenvalue weighted by Crippen LogP contribution is 0.422. The SMILES string of the molecule is F.F.F.O.O. The summed E-state index contributed by atoms with van der Waals surface area (Å²) in [5, 5.41) is 0. The Morgan fingerprint density at radius 2 is 0.400 bits per heavy atom. The first kappa shape index (κ1) is 771. The van der Waals surface area contributed by atoms with Gasteiger partial charge in [0, 0.05) is 0 Å². The average Bonchev–Trinajstić information content (AvgIpc) is 0. The summed E-state index contributed by atoms with van der Waals surface area (Å²) in [5.74, 6) is 0. The molecule has 40 valence electrons. The minimum absolute atomic E-state index is 0. The van der Waals surface area contributed by atoms with Crippen molar-refractivity contribution in [3.8, 4) is 0 Å². The molecular formula is H7F3O2. The van der Waals surface area contributed by atoms with Gasteiger partial charge in [0.05, 0.1) is 0 Å². The van der Waals surface area contributed by atoms with Crippen LogP contribution in [0.5, 0.6) is 0 Å². The molecule has 0 aliphatic heterocycles. The zero-order valence-electron chi connectivity index (χ0n) is 2.22. The molecular weight excluding hydrogens is 89.0 g/mol. The van der Waals surface area contributed by atoms with Gasteiger partial charge < -0.3 is 11.0 Å². The summed E-state index contributed by atoms with van der Waals surface area (Å²) in [5.41, 5.74) is 0. The Hall–Kier alpha value is -0.290. The molecule has 0 aromatic rings. The first-order chi connectivity index (χ1) is 0. The highest BCUT2D eigenvalue weighted by atomic mass is 19.0. The van der Waals surface area contributed by atoms with Crippen LogP contribution in [0.1, 0.15) is 0 Å². The Morgan fingerprint density at radius 1 is 0.400 bits per heavy atom. The minimum Gasteiger partial charge on any atom is -0.412 e. The fourth-order valence-electron chi connectivity index (χ4n) is 0. The number of halogens is 3. The van der Waals surface area contributed by atoms with Gasteiger partial charge >= 0.3 is 0 Å². The molecule has 0 aliphatic carbocycles. The van der Waals surface area contributed by atoms with Gasteiger partial charge in [0.25, 0.3) is 0 Å². The van der Waals surface area contributed by atoms with Gasteiger partial charge in [0.15, 0.2) is 0 Å². The summed E-state index contributed by atoms with van der Waals surface area (Å²) in [6.07, 6.45) is 0. The maximum atomic E-state index is 0. The maximum Gasteiger partial charge on any atom is -0.269 e. The van der Waals surface area contributed by atoms with Crippen LogP contribution < -0.4 is 0 Å². The van der Waals surface area contributed by atoms with Crippen molar-refractivity contribution in [2.45, 2.75) is 0 Å². The van der Waals surface area contributed by atoms with E-state index in [-0.39, 0.29) is 25.1 Å². The highest BCUT2D eigenvalue weighted by Gasteiger charge is -0.267. The van der Waals surface area contributed by atoms with Crippen LogP contribution in [0, 0.1) is 0 Å². The molecule has 0 aromatic heterocycles. The van der Waals surface area contributed by atoms with Gasteiger partial charge in [-0.05, 0) is 0 Å². The lowest BCUT2D eigenvalue weighted by atomic mass is 16.0. The van der Waals surface area contributed by atoms with Crippen LogP contribution in [0.15, 0.2) is 0 Å². The molecule has 0 heterocycles. The second kappa shape index (κ2) is 324. The van der Waals surface area contributed by atoms with Crippen molar-refractivity contribution in [1.29, 1.82) is 0 Å². The topological polar surface area (TPSA) is 63.0 Å². The van der Waals surface area contributed by atoms with E-state index in [0.717, 1.165) is 0 Å². The quantitative estimate of drug-likeness (QED) is 0.364. The zero-order chi connectivity index (χ0) is 0. The highest BCUT2D eigenvalue weighted by molar-refractivity contribution is 1.11. The fraction of sp³-hybridized carbons (Fsp3) is 0. The molecule has 0 aromatic carbocycles. The van der Waals surface area contributed by atoms with Gasteiger partial charge in [-0.15, -0.1) is 0 Å². The van der Waals surface area contributed by atoms with Crippen LogP contribution in [0.3, 0.4) is 0 Å². The molecule has 0 amide bonds. The van der Waals surface area contributed by atoms with E-state index < -0.39 is 0 Å². The van der Waals surface area contributed by atoms with Crippen LogP contribution in [0.2, 0.25) is 0 Å². The van der Waals surface area contributed by atoms with E-state index in [0.29, 0.717) is 0 Å².